The van der Waals surface area contributed by atoms with Crippen molar-refractivity contribution >= 4 is 16.6 Å². The van der Waals surface area contributed by atoms with Crippen molar-refractivity contribution in [3.05, 3.63) is 76.7 Å². The molecule has 0 spiro atoms. The molecule has 1 radical (unpaired) electrons. The largest absolute Gasteiger partial charge is 0.512 e. The third-order valence-corrected chi connectivity index (χ3v) is 5.21. The average Bonchev–Trinajstić information content (AvgIpc) is 2.67. The van der Waals surface area contributed by atoms with Gasteiger partial charge in [-0.3, -0.25) is 4.79 Å². The van der Waals surface area contributed by atoms with Crippen molar-refractivity contribution < 1.29 is 30.0 Å². The van der Waals surface area contributed by atoms with Gasteiger partial charge in [-0.2, -0.15) is 0 Å². The number of pyridine rings is 1. The first-order valence-corrected chi connectivity index (χ1v) is 11.8. The zero-order valence-electron chi connectivity index (χ0n) is 21.7. The molecule has 34 heavy (non-hydrogen) atoms. The minimum atomic E-state index is -0.125. The summed E-state index contributed by atoms with van der Waals surface area (Å²) in [5.74, 6) is 1.23. The van der Waals surface area contributed by atoms with Gasteiger partial charge in [0, 0.05) is 32.4 Å². The van der Waals surface area contributed by atoms with Gasteiger partial charge >= 0.3 is 0 Å². The fraction of sp³-hybridized carbons (Fsp3) is 0.400. The summed E-state index contributed by atoms with van der Waals surface area (Å²) in [7, 11) is 0. The molecule has 1 heterocycles. The van der Waals surface area contributed by atoms with Crippen LogP contribution in [-0.4, -0.2) is 15.9 Å². The number of fused-ring (bicyclic) bond motifs is 1. The Bertz CT molecular complexity index is 1120. The van der Waals surface area contributed by atoms with Gasteiger partial charge in [0.05, 0.1) is 5.76 Å². The summed E-state index contributed by atoms with van der Waals surface area (Å²) in [5, 5.41) is 11.0. The minimum Gasteiger partial charge on any atom is -0.512 e. The Morgan fingerprint density at radius 2 is 1.65 bits per heavy atom. The van der Waals surface area contributed by atoms with E-state index in [0.29, 0.717) is 11.8 Å². The van der Waals surface area contributed by atoms with Crippen molar-refractivity contribution in [2.45, 2.75) is 68.2 Å². The first kappa shape index (κ1) is 29.7. The summed E-state index contributed by atoms with van der Waals surface area (Å²) in [5.41, 5.74) is 7.56. The van der Waals surface area contributed by atoms with E-state index in [9.17, 15) is 4.79 Å². The Morgan fingerprint density at radius 3 is 2.15 bits per heavy atom. The minimum absolute atomic E-state index is 0. The van der Waals surface area contributed by atoms with Gasteiger partial charge < -0.3 is 10.1 Å². The van der Waals surface area contributed by atoms with Crippen molar-refractivity contribution in [2.24, 2.45) is 11.8 Å². The number of benzene rings is 2. The summed E-state index contributed by atoms with van der Waals surface area (Å²) in [4.78, 5) is 14.8. The van der Waals surface area contributed by atoms with E-state index in [1.807, 2.05) is 6.20 Å². The number of nitrogens with zero attached hydrogens (tertiary/aromatic N) is 1. The van der Waals surface area contributed by atoms with E-state index in [1.165, 1.54) is 47.4 Å². The van der Waals surface area contributed by atoms with E-state index in [0.717, 1.165) is 29.7 Å². The molecule has 1 aromatic heterocycles. The molecule has 1 N–H and O–H groups in total. The maximum Gasteiger partial charge on any atom is 0.155 e. The molecule has 3 aromatic rings. The predicted octanol–water partition coefficient (Wildman–Crippen LogP) is 7.75. The zero-order chi connectivity index (χ0) is 24.7. The van der Waals surface area contributed by atoms with Gasteiger partial charge in [0.2, 0.25) is 0 Å². The Balaban J connectivity index is 0.000000633. The van der Waals surface area contributed by atoms with E-state index in [4.69, 9.17) is 10.1 Å². The van der Waals surface area contributed by atoms with Crippen LogP contribution in [0.15, 0.2) is 48.4 Å². The first-order valence-electron chi connectivity index (χ1n) is 11.8. The average molecular weight is 637 g/mol. The summed E-state index contributed by atoms with van der Waals surface area (Å²) in [6.45, 7) is 16.3. The third kappa shape index (κ3) is 8.81. The van der Waals surface area contributed by atoms with Gasteiger partial charge in [-0.05, 0) is 72.2 Å². The Hall–Kier alpha value is -2.29. The Kier molecular flexibility index (Phi) is 11.9. The van der Waals surface area contributed by atoms with Crippen LogP contribution >= 0.6 is 0 Å². The van der Waals surface area contributed by atoms with E-state index in [2.05, 4.69) is 77.9 Å². The van der Waals surface area contributed by atoms with Crippen LogP contribution in [0.3, 0.4) is 0 Å². The molecule has 0 saturated heterocycles. The van der Waals surface area contributed by atoms with Crippen molar-refractivity contribution in [1.82, 2.24) is 4.98 Å². The fourth-order valence-electron chi connectivity index (χ4n) is 4.17. The number of aliphatic hydroxyl groups excluding tert-OH is 1. The van der Waals surface area contributed by atoms with Gasteiger partial charge in [-0.25, -0.2) is 0 Å². The smallest absolute Gasteiger partial charge is 0.155 e. The Morgan fingerprint density at radius 1 is 1.00 bits per heavy atom. The second kappa shape index (κ2) is 13.6. The van der Waals surface area contributed by atoms with Gasteiger partial charge in [0.25, 0.3) is 0 Å². The van der Waals surface area contributed by atoms with Gasteiger partial charge in [0.1, 0.15) is 0 Å². The zero-order valence-corrected chi connectivity index (χ0v) is 24.1. The molecule has 0 aliphatic rings. The number of ketones is 1. The number of aromatic nitrogens is 1. The standard InChI is InChI=1S/C25H30N.C5H8O2.Ir/c1-16(2)11-20-7-8-23-22(24(20)12-17(3)4)9-10-26-25(23)21-14-18(5)13-19(6)15-21;1-4(6)3-5(2)7;/h7-10,13-14,16-17H,11-12H2,1-6H3;3,6H,1-2H3;/q-1;;/b;4-3-;. The second-order valence-corrected chi connectivity index (χ2v) is 9.80. The van der Waals surface area contributed by atoms with E-state index >= 15 is 0 Å². The molecule has 0 aliphatic carbocycles. The number of aliphatic hydroxyl groups is 1. The van der Waals surface area contributed by atoms with Gasteiger partial charge in [-0.1, -0.05) is 53.7 Å². The van der Waals surface area contributed by atoms with Crippen LogP contribution in [0.25, 0.3) is 22.0 Å². The molecule has 185 valence electrons. The molecular formula is C30H38IrNO2-. The van der Waals surface area contributed by atoms with Gasteiger partial charge in [0.15, 0.2) is 5.78 Å². The summed E-state index contributed by atoms with van der Waals surface area (Å²) in [6.07, 6.45) is 5.37. The van der Waals surface area contributed by atoms with Crippen LogP contribution in [0.5, 0.6) is 0 Å². The van der Waals surface area contributed by atoms with Gasteiger partial charge in [-0.15, -0.1) is 34.9 Å². The summed E-state index contributed by atoms with van der Waals surface area (Å²) >= 11 is 0. The number of aryl methyl sites for hydroxylation is 2. The molecular weight excluding hydrogens is 599 g/mol. The number of allylic oxidation sites excluding steroid dienone is 2. The molecule has 0 unspecified atom stereocenters. The molecule has 2 aromatic carbocycles. The molecule has 4 heteroatoms. The topological polar surface area (TPSA) is 50.2 Å². The monoisotopic (exact) mass is 637 g/mol. The van der Waals surface area contributed by atoms with Crippen LogP contribution in [0.1, 0.15) is 63.8 Å². The van der Waals surface area contributed by atoms with Crippen LogP contribution in [0, 0.1) is 31.7 Å². The molecule has 0 amide bonds. The normalized spacial score (nSPS) is 11.3. The quantitative estimate of drug-likeness (QED) is 0.171. The third-order valence-electron chi connectivity index (χ3n) is 5.21. The molecule has 0 saturated carbocycles. The first-order chi connectivity index (χ1) is 15.5. The number of hydrogen-bond acceptors (Lipinski definition) is 3. The molecule has 0 aliphatic heterocycles. The van der Waals surface area contributed by atoms with Crippen molar-refractivity contribution in [1.29, 1.82) is 0 Å². The number of carbonyl (C=O) groups excluding carboxylic acids is 1. The predicted molar refractivity (Wildman–Crippen MR) is 140 cm³/mol. The molecule has 0 bridgehead atoms. The van der Waals surface area contributed by atoms with E-state index in [-0.39, 0.29) is 31.6 Å². The number of rotatable bonds is 6. The second-order valence-electron chi connectivity index (χ2n) is 9.80. The molecule has 0 atom stereocenters. The number of carbonyl (C=O) groups is 1. The van der Waals surface area contributed by atoms with Crippen LogP contribution in [0.2, 0.25) is 0 Å². The number of hydrogen-bond donors (Lipinski definition) is 1. The summed E-state index contributed by atoms with van der Waals surface area (Å²) < 4.78 is 0. The molecule has 3 nitrogen and oxygen atoms in total. The van der Waals surface area contributed by atoms with Crippen molar-refractivity contribution in [3.63, 3.8) is 0 Å². The van der Waals surface area contributed by atoms with Crippen LogP contribution in [-0.2, 0) is 37.7 Å². The molecule has 3 rings (SSSR count). The van der Waals surface area contributed by atoms with E-state index in [1.54, 1.807) is 0 Å². The van der Waals surface area contributed by atoms with Crippen molar-refractivity contribution in [3.8, 4) is 11.3 Å². The SMILES string of the molecule is CC(=O)/C=C(/C)O.Cc1[c-]c(-c2nccc3c(CC(C)C)c(CC(C)C)ccc23)cc(C)c1.[Ir]. The van der Waals surface area contributed by atoms with Crippen LogP contribution < -0.4 is 0 Å². The molecule has 0 fully saturated rings. The summed E-state index contributed by atoms with van der Waals surface area (Å²) in [6, 6.07) is 14.7. The Labute approximate surface area is 219 Å². The maximum atomic E-state index is 10.0. The van der Waals surface area contributed by atoms with Crippen molar-refractivity contribution in [2.75, 3.05) is 0 Å². The fourth-order valence-corrected chi connectivity index (χ4v) is 4.17. The van der Waals surface area contributed by atoms with E-state index < -0.39 is 0 Å². The van der Waals surface area contributed by atoms with Crippen LogP contribution in [0.4, 0.5) is 0 Å². The maximum absolute atomic E-state index is 10.0.